The highest BCUT2D eigenvalue weighted by atomic mass is 79.9. The van der Waals surface area contributed by atoms with Gasteiger partial charge < -0.3 is 14.8 Å². The minimum Gasteiger partial charge on any atom is -0.349 e. The molecular formula is C19H19BrF3N3OS. The molecule has 0 aliphatic rings. The van der Waals surface area contributed by atoms with Crippen molar-refractivity contribution in [2.24, 2.45) is 0 Å². The number of alkyl halides is 3. The van der Waals surface area contributed by atoms with Crippen LogP contribution < -0.4 is 5.32 Å². The van der Waals surface area contributed by atoms with E-state index in [1.807, 2.05) is 35.0 Å². The van der Waals surface area contributed by atoms with Gasteiger partial charge in [0.05, 0.1) is 20.3 Å². The molecule has 0 spiro atoms. The Kier molecular flexibility index (Phi) is 6.16. The highest BCUT2D eigenvalue weighted by Crippen LogP contribution is 2.34. The molecule has 0 aliphatic carbocycles. The van der Waals surface area contributed by atoms with Crippen LogP contribution in [0.15, 0.2) is 40.2 Å². The molecule has 3 aromatic rings. The normalized spacial score (nSPS) is 12.1. The van der Waals surface area contributed by atoms with E-state index in [2.05, 4.69) is 21.2 Å². The number of benzene rings is 1. The standard InChI is InChI=1S/C19H19BrF3N3OS/c1-25(2)8-7-24-18(27)15-9-16-17(14(20)11-28-16)26(15)10-12-3-5-13(6-4-12)19(21,22)23/h3-6,9,11H,7-8,10H2,1-2H3,(H,24,27). The summed E-state index contributed by atoms with van der Waals surface area (Å²) in [5.74, 6) is -0.205. The van der Waals surface area contributed by atoms with E-state index in [0.717, 1.165) is 26.8 Å². The van der Waals surface area contributed by atoms with Crippen LogP contribution in [0.25, 0.3) is 10.2 Å². The number of carbonyl (C=O) groups excluding carboxylic acids is 1. The molecule has 0 aliphatic heterocycles. The Labute approximate surface area is 173 Å². The molecule has 1 aromatic carbocycles. The second-order valence-corrected chi connectivity index (χ2v) is 8.43. The second kappa shape index (κ2) is 8.26. The van der Waals surface area contributed by atoms with Gasteiger partial charge in [-0.1, -0.05) is 12.1 Å². The largest absolute Gasteiger partial charge is 0.416 e. The lowest BCUT2D eigenvalue weighted by Gasteiger charge is -2.14. The first kappa shape index (κ1) is 20.9. The number of fused-ring (bicyclic) bond motifs is 1. The van der Waals surface area contributed by atoms with E-state index in [-0.39, 0.29) is 5.91 Å². The van der Waals surface area contributed by atoms with E-state index in [1.54, 1.807) is 0 Å². The van der Waals surface area contributed by atoms with Gasteiger partial charge in [-0.2, -0.15) is 13.2 Å². The molecule has 0 saturated heterocycles. The van der Waals surface area contributed by atoms with Crippen molar-refractivity contribution in [1.82, 2.24) is 14.8 Å². The van der Waals surface area contributed by atoms with Crippen molar-refractivity contribution in [1.29, 1.82) is 0 Å². The third kappa shape index (κ3) is 4.59. The van der Waals surface area contributed by atoms with Gasteiger partial charge in [0.1, 0.15) is 5.69 Å². The molecule has 2 heterocycles. The monoisotopic (exact) mass is 473 g/mol. The quantitative estimate of drug-likeness (QED) is 0.556. The first-order valence-electron chi connectivity index (χ1n) is 8.52. The fourth-order valence-corrected chi connectivity index (χ4v) is 4.54. The van der Waals surface area contributed by atoms with Crippen LogP contribution in [0.4, 0.5) is 13.2 Å². The molecule has 0 saturated carbocycles. The molecule has 1 N–H and O–H groups in total. The summed E-state index contributed by atoms with van der Waals surface area (Å²) in [6.45, 7) is 1.52. The third-order valence-electron chi connectivity index (χ3n) is 4.28. The maximum atomic E-state index is 12.8. The zero-order chi connectivity index (χ0) is 20.5. The predicted octanol–water partition coefficient (Wildman–Crippen LogP) is 4.82. The first-order chi connectivity index (χ1) is 13.2. The summed E-state index contributed by atoms with van der Waals surface area (Å²) < 4.78 is 42.0. The number of likely N-dealkylation sites (N-methyl/N-ethyl adjacent to an activating group) is 1. The van der Waals surface area contributed by atoms with Crippen LogP contribution in [0.1, 0.15) is 21.6 Å². The number of nitrogens with zero attached hydrogens (tertiary/aromatic N) is 2. The Morgan fingerprint density at radius 1 is 1.25 bits per heavy atom. The van der Waals surface area contributed by atoms with Gasteiger partial charge in [0.2, 0.25) is 0 Å². The van der Waals surface area contributed by atoms with Gasteiger partial charge in [0, 0.05) is 25.0 Å². The van der Waals surface area contributed by atoms with Crippen LogP contribution in [-0.2, 0) is 12.7 Å². The number of halogens is 4. The Bertz CT molecular complexity index is 977. The molecule has 0 bridgehead atoms. The molecule has 0 radical (unpaired) electrons. The van der Waals surface area contributed by atoms with Crippen LogP contribution in [0, 0.1) is 0 Å². The average molecular weight is 474 g/mol. The maximum Gasteiger partial charge on any atom is 0.416 e. The fourth-order valence-electron chi connectivity index (χ4n) is 2.85. The van der Waals surface area contributed by atoms with Crippen LogP contribution in [0.5, 0.6) is 0 Å². The van der Waals surface area contributed by atoms with Crippen molar-refractivity contribution in [3.63, 3.8) is 0 Å². The number of nitrogens with one attached hydrogen (secondary N) is 1. The Balaban J connectivity index is 1.90. The Morgan fingerprint density at radius 2 is 1.93 bits per heavy atom. The van der Waals surface area contributed by atoms with Crippen molar-refractivity contribution in [3.05, 3.63) is 57.0 Å². The number of amides is 1. The number of carbonyl (C=O) groups is 1. The maximum absolute atomic E-state index is 12.8. The van der Waals surface area contributed by atoms with Crippen molar-refractivity contribution < 1.29 is 18.0 Å². The summed E-state index contributed by atoms with van der Waals surface area (Å²) >= 11 is 5.01. The summed E-state index contributed by atoms with van der Waals surface area (Å²) in [5.41, 5.74) is 1.35. The molecule has 2 aromatic heterocycles. The molecule has 9 heteroatoms. The van der Waals surface area contributed by atoms with Crippen molar-refractivity contribution >= 4 is 43.4 Å². The summed E-state index contributed by atoms with van der Waals surface area (Å²) in [4.78, 5) is 14.7. The molecule has 1 amide bonds. The second-order valence-electron chi connectivity index (χ2n) is 6.67. The van der Waals surface area contributed by atoms with Gasteiger partial charge in [-0.3, -0.25) is 4.79 Å². The van der Waals surface area contributed by atoms with Gasteiger partial charge in [-0.25, -0.2) is 0 Å². The van der Waals surface area contributed by atoms with E-state index in [0.29, 0.717) is 30.9 Å². The lowest BCUT2D eigenvalue weighted by Crippen LogP contribution is -2.32. The molecule has 150 valence electrons. The van der Waals surface area contributed by atoms with Gasteiger partial charge in [0.15, 0.2) is 0 Å². The third-order valence-corrected chi connectivity index (χ3v) is 6.10. The number of rotatable bonds is 6. The molecular weight excluding hydrogens is 455 g/mol. The van der Waals surface area contributed by atoms with E-state index >= 15 is 0 Å². The lowest BCUT2D eigenvalue weighted by molar-refractivity contribution is -0.137. The summed E-state index contributed by atoms with van der Waals surface area (Å²) in [7, 11) is 3.85. The highest BCUT2D eigenvalue weighted by Gasteiger charge is 2.30. The molecule has 4 nitrogen and oxygen atoms in total. The molecule has 3 rings (SSSR count). The van der Waals surface area contributed by atoms with E-state index < -0.39 is 11.7 Å². The summed E-state index contributed by atoms with van der Waals surface area (Å²) in [5, 5.41) is 4.83. The number of hydrogen-bond acceptors (Lipinski definition) is 3. The van der Waals surface area contributed by atoms with Gasteiger partial charge in [-0.05, 0) is 53.8 Å². The van der Waals surface area contributed by atoms with Crippen molar-refractivity contribution in [3.8, 4) is 0 Å². The molecule has 28 heavy (non-hydrogen) atoms. The van der Waals surface area contributed by atoms with E-state index in [9.17, 15) is 18.0 Å². The van der Waals surface area contributed by atoms with Gasteiger partial charge >= 0.3 is 6.18 Å². The highest BCUT2D eigenvalue weighted by molar-refractivity contribution is 9.10. The Hall–Kier alpha value is -1.84. The number of aromatic nitrogens is 1. The van der Waals surface area contributed by atoms with Crippen LogP contribution in [-0.4, -0.2) is 42.6 Å². The van der Waals surface area contributed by atoms with E-state index in [4.69, 9.17) is 0 Å². The van der Waals surface area contributed by atoms with Gasteiger partial charge in [0.25, 0.3) is 5.91 Å². The zero-order valence-electron chi connectivity index (χ0n) is 15.3. The average Bonchev–Trinajstić information content (AvgIpc) is 3.15. The van der Waals surface area contributed by atoms with Crippen LogP contribution in [0.3, 0.4) is 0 Å². The summed E-state index contributed by atoms with van der Waals surface area (Å²) in [6, 6.07) is 6.84. The molecule has 0 unspecified atom stereocenters. The predicted molar refractivity (Wildman–Crippen MR) is 109 cm³/mol. The number of thiophene rings is 1. The molecule has 0 fully saturated rings. The fraction of sp³-hybridized carbons (Fsp3) is 0.316. The van der Waals surface area contributed by atoms with Crippen LogP contribution >= 0.6 is 27.3 Å². The van der Waals surface area contributed by atoms with Crippen LogP contribution in [0.2, 0.25) is 0 Å². The smallest absolute Gasteiger partial charge is 0.349 e. The topological polar surface area (TPSA) is 37.3 Å². The molecule has 0 atom stereocenters. The zero-order valence-corrected chi connectivity index (χ0v) is 17.7. The van der Waals surface area contributed by atoms with Crippen molar-refractivity contribution in [2.75, 3.05) is 27.2 Å². The summed E-state index contributed by atoms with van der Waals surface area (Å²) in [6.07, 6.45) is -4.37. The minimum absolute atomic E-state index is 0.205. The number of hydrogen-bond donors (Lipinski definition) is 1. The van der Waals surface area contributed by atoms with Gasteiger partial charge in [-0.15, -0.1) is 11.3 Å². The first-order valence-corrected chi connectivity index (χ1v) is 10.2. The SMILES string of the molecule is CN(C)CCNC(=O)c1cc2scc(Br)c2n1Cc1ccc(C(F)(F)F)cc1. The Morgan fingerprint density at radius 3 is 2.54 bits per heavy atom. The van der Waals surface area contributed by atoms with E-state index in [1.165, 1.54) is 23.5 Å². The minimum atomic E-state index is -4.37. The lowest BCUT2D eigenvalue weighted by atomic mass is 10.1. The van der Waals surface area contributed by atoms with Crippen molar-refractivity contribution in [2.45, 2.75) is 12.7 Å².